The third-order valence-electron chi connectivity index (χ3n) is 2.89. The van der Waals surface area contributed by atoms with E-state index in [-0.39, 0.29) is 12.1 Å². The zero-order valence-electron chi connectivity index (χ0n) is 7.96. The van der Waals surface area contributed by atoms with E-state index < -0.39 is 0 Å². The highest BCUT2D eigenvalue weighted by Gasteiger charge is 2.34. The smallest absolute Gasteiger partial charge is 0.0670 e. The molecule has 1 aliphatic rings. The first-order valence-corrected chi connectivity index (χ1v) is 5.27. The van der Waals surface area contributed by atoms with Gasteiger partial charge >= 0.3 is 0 Å². The largest absolute Gasteiger partial charge is 0.394 e. The molecule has 0 aliphatic carbocycles. The number of nitrogens with one attached hydrogen (secondary N) is 1. The van der Waals surface area contributed by atoms with E-state index in [4.69, 9.17) is 11.6 Å². The van der Waals surface area contributed by atoms with Crippen LogP contribution in [0.1, 0.15) is 18.4 Å². The van der Waals surface area contributed by atoms with Crippen molar-refractivity contribution in [1.82, 2.24) is 5.32 Å². The Bertz CT molecular complexity index is 321. The van der Waals surface area contributed by atoms with Crippen molar-refractivity contribution in [2.45, 2.75) is 18.4 Å². The van der Waals surface area contributed by atoms with E-state index in [1.54, 1.807) is 0 Å². The van der Waals surface area contributed by atoms with Gasteiger partial charge in [0.2, 0.25) is 0 Å². The van der Waals surface area contributed by atoms with Crippen LogP contribution >= 0.6 is 11.6 Å². The average Bonchev–Trinajstić information content (AvgIpc) is 2.67. The second-order valence-corrected chi connectivity index (χ2v) is 4.22. The number of hydrogen-bond acceptors (Lipinski definition) is 2. The van der Waals surface area contributed by atoms with E-state index >= 15 is 0 Å². The molecule has 1 aliphatic heterocycles. The minimum absolute atomic E-state index is 0.132. The van der Waals surface area contributed by atoms with Crippen LogP contribution in [0.4, 0.5) is 0 Å². The summed E-state index contributed by atoms with van der Waals surface area (Å²) in [6.45, 7) is 1.10. The fourth-order valence-corrected chi connectivity index (χ4v) is 2.26. The third kappa shape index (κ3) is 1.65. The van der Waals surface area contributed by atoms with E-state index in [0.717, 1.165) is 30.0 Å². The van der Waals surface area contributed by atoms with Crippen molar-refractivity contribution in [3.8, 4) is 0 Å². The second-order valence-electron chi connectivity index (χ2n) is 3.78. The van der Waals surface area contributed by atoms with Gasteiger partial charge in [0, 0.05) is 5.02 Å². The standard InChI is InChI=1S/C11H14ClNO/c12-10-4-1-3-9(7-10)11(8-14)5-2-6-13-11/h1,3-4,7,13-14H,2,5-6,8H2. The molecule has 1 heterocycles. The summed E-state index contributed by atoms with van der Waals surface area (Å²) in [6, 6.07) is 7.72. The van der Waals surface area contributed by atoms with Crippen LogP contribution in [-0.2, 0) is 5.54 Å². The van der Waals surface area contributed by atoms with E-state index in [0.29, 0.717) is 0 Å². The lowest BCUT2D eigenvalue weighted by Gasteiger charge is -2.27. The Labute approximate surface area is 88.9 Å². The molecule has 14 heavy (non-hydrogen) atoms. The molecule has 1 aromatic rings. The Balaban J connectivity index is 2.35. The van der Waals surface area contributed by atoms with Crippen LogP contribution in [-0.4, -0.2) is 18.3 Å². The van der Waals surface area contributed by atoms with Crippen LogP contribution in [0.15, 0.2) is 24.3 Å². The van der Waals surface area contributed by atoms with Crippen molar-refractivity contribution < 1.29 is 5.11 Å². The molecule has 1 atom stereocenters. The van der Waals surface area contributed by atoms with Crippen molar-refractivity contribution in [3.63, 3.8) is 0 Å². The number of halogens is 1. The number of aliphatic hydroxyl groups is 1. The van der Waals surface area contributed by atoms with Crippen molar-refractivity contribution in [2.75, 3.05) is 13.2 Å². The summed E-state index contributed by atoms with van der Waals surface area (Å²) < 4.78 is 0. The van der Waals surface area contributed by atoms with Gasteiger partial charge in [-0.1, -0.05) is 23.7 Å². The highest BCUT2D eigenvalue weighted by molar-refractivity contribution is 6.30. The van der Waals surface area contributed by atoms with Gasteiger partial charge in [0.1, 0.15) is 0 Å². The zero-order valence-corrected chi connectivity index (χ0v) is 8.72. The Morgan fingerprint density at radius 2 is 2.36 bits per heavy atom. The highest BCUT2D eigenvalue weighted by Crippen LogP contribution is 2.31. The van der Waals surface area contributed by atoms with Crippen LogP contribution in [0.3, 0.4) is 0 Å². The molecular formula is C11H14ClNO. The molecule has 0 spiro atoms. The van der Waals surface area contributed by atoms with Crippen molar-refractivity contribution in [3.05, 3.63) is 34.9 Å². The second kappa shape index (κ2) is 3.89. The minimum Gasteiger partial charge on any atom is -0.394 e. The van der Waals surface area contributed by atoms with Crippen LogP contribution < -0.4 is 5.32 Å². The topological polar surface area (TPSA) is 32.3 Å². The predicted molar refractivity (Wildman–Crippen MR) is 57.5 cm³/mol. The molecule has 1 saturated heterocycles. The summed E-state index contributed by atoms with van der Waals surface area (Å²) >= 11 is 5.93. The predicted octanol–water partition coefficient (Wildman–Crippen LogP) is 1.91. The Hall–Kier alpha value is -0.570. The maximum absolute atomic E-state index is 9.46. The van der Waals surface area contributed by atoms with Crippen LogP contribution in [0.25, 0.3) is 0 Å². The number of hydrogen-bond donors (Lipinski definition) is 2. The Kier molecular flexibility index (Phi) is 2.77. The van der Waals surface area contributed by atoms with Crippen molar-refractivity contribution in [1.29, 1.82) is 0 Å². The van der Waals surface area contributed by atoms with Gasteiger partial charge in [-0.25, -0.2) is 0 Å². The average molecular weight is 212 g/mol. The van der Waals surface area contributed by atoms with Gasteiger partial charge < -0.3 is 10.4 Å². The van der Waals surface area contributed by atoms with Gasteiger partial charge in [0.15, 0.2) is 0 Å². The quantitative estimate of drug-likeness (QED) is 0.784. The number of benzene rings is 1. The van der Waals surface area contributed by atoms with E-state index in [9.17, 15) is 5.11 Å². The number of aliphatic hydroxyl groups excluding tert-OH is 1. The summed E-state index contributed by atoms with van der Waals surface area (Å²) in [4.78, 5) is 0. The minimum atomic E-state index is -0.259. The fourth-order valence-electron chi connectivity index (χ4n) is 2.07. The summed E-state index contributed by atoms with van der Waals surface area (Å²) in [6.07, 6.45) is 2.08. The van der Waals surface area contributed by atoms with Gasteiger partial charge in [-0.2, -0.15) is 0 Å². The molecule has 0 aromatic heterocycles. The van der Waals surface area contributed by atoms with Gasteiger partial charge in [-0.3, -0.25) is 0 Å². The molecule has 2 N–H and O–H groups in total. The molecule has 3 heteroatoms. The summed E-state index contributed by atoms with van der Waals surface area (Å²) in [5.74, 6) is 0. The van der Waals surface area contributed by atoms with Gasteiger partial charge in [0.25, 0.3) is 0 Å². The third-order valence-corrected chi connectivity index (χ3v) is 3.13. The molecule has 2 nitrogen and oxygen atoms in total. The van der Waals surface area contributed by atoms with Gasteiger partial charge in [-0.15, -0.1) is 0 Å². The highest BCUT2D eigenvalue weighted by atomic mass is 35.5. The summed E-state index contributed by atoms with van der Waals surface area (Å²) in [5, 5.41) is 13.5. The molecule has 0 amide bonds. The van der Waals surface area contributed by atoms with Crippen LogP contribution in [0.5, 0.6) is 0 Å². The van der Waals surface area contributed by atoms with Crippen LogP contribution in [0, 0.1) is 0 Å². The Morgan fingerprint density at radius 1 is 1.50 bits per heavy atom. The first kappa shape index (κ1) is 9.97. The Morgan fingerprint density at radius 3 is 2.93 bits per heavy atom. The van der Waals surface area contributed by atoms with Gasteiger partial charge in [-0.05, 0) is 37.1 Å². The molecule has 0 saturated carbocycles. The maximum atomic E-state index is 9.46. The lowest BCUT2D eigenvalue weighted by Crippen LogP contribution is -2.40. The van der Waals surface area contributed by atoms with E-state index in [2.05, 4.69) is 5.32 Å². The summed E-state index contributed by atoms with van der Waals surface area (Å²) in [7, 11) is 0. The number of rotatable bonds is 2. The molecule has 1 unspecified atom stereocenters. The van der Waals surface area contributed by atoms with Crippen LogP contribution in [0.2, 0.25) is 5.02 Å². The van der Waals surface area contributed by atoms with Crippen molar-refractivity contribution >= 4 is 11.6 Å². The molecule has 0 radical (unpaired) electrons. The van der Waals surface area contributed by atoms with Crippen molar-refractivity contribution in [2.24, 2.45) is 0 Å². The van der Waals surface area contributed by atoms with E-state index in [1.165, 1.54) is 0 Å². The fraction of sp³-hybridized carbons (Fsp3) is 0.455. The lowest BCUT2D eigenvalue weighted by molar-refractivity contribution is 0.178. The molecule has 0 bridgehead atoms. The van der Waals surface area contributed by atoms with Gasteiger partial charge in [0.05, 0.1) is 12.1 Å². The zero-order chi connectivity index (χ0) is 10.0. The normalized spacial score (nSPS) is 26.7. The molecular weight excluding hydrogens is 198 g/mol. The van der Waals surface area contributed by atoms with E-state index in [1.807, 2.05) is 24.3 Å². The molecule has 1 aromatic carbocycles. The molecule has 76 valence electrons. The molecule has 2 rings (SSSR count). The maximum Gasteiger partial charge on any atom is 0.0670 e. The first-order chi connectivity index (χ1) is 6.77. The molecule has 1 fully saturated rings. The SMILES string of the molecule is OCC1(c2cccc(Cl)c2)CCCN1. The lowest BCUT2D eigenvalue weighted by atomic mass is 9.89. The monoisotopic (exact) mass is 211 g/mol. The summed E-state index contributed by atoms with van der Waals surface area (Å²) in [5.41, 5.74) is 0.829. The first-order valence-electron chi connectivity index (χ1n) is 4.89.